The summed E-state index contributed by atoms with van der Waals surface area (Å²) in [5.41, 5.74) is 0. The van der Waals surface area contributed by atoms with Gasteiger partial charge in [-0.15, -0.1) is 23.1 Å². The van der Waals surface area contributed by atoms with Gasteiger partial charge in [-0.3, -0.25) is 4.90 Å². The van der Waals surface area contributed by atoms with Gasteiger partial charge in [-0.2, -0.15) is 0 Å². The zero-order chi connectivity index (χ0) is 11.2. The number of thiophene rings is 1. The third-order valence-corrected chi connectivity index (χ3v) is 4.87. The normalized spacial score (nSPS) is 19.8. The minimum Gasteiger partial charge on any atom is -0.391 e. The number of thioether (sulfide) groups is 1. The van der Waals surface area contributed by atoms with Crippen LogP contribution in [0.15, 0.2) is 21.7 Å². The number of hydrogen-bond donors (Lipinski definition) is 2. The molecule has 1 aliphatic heterocycles. The Balaban J connectivity index is 1.65. The molecular weight excluding hydrogens is 240 g/mol. The van der Waals surface area contributed by atoms with E-state index in [1.165, 1.54) is 4.21 Å². The van der Waals surface area contributed by atoms with E-state index in [4.69, 9.17) is 0 Å². The highest BCUT2D eigenvalue weighted by Gasteiger charge is 2.14. The summed E-state index contributed by atoms with van der Waals surface area (Å²) in [6.07, 6.45) is -0.217. The number of aliphatic hydroxyl groups is 1. The Bertz CT molecular complexity index is 286. The van der Waals surface area contributed by atoms with Crippen LogP contribution in [0.25, 0.3) is 0 Å². The average Bonchev–Trinajstić information content (AvgIpc) is 2.81. The molecule has 1 aliphatic rings. The fraction of sp³-hybridized carbons (Fsp3) is 0.636. The minimum absolute atomic E-state index is 0.217. The maximum absolute atomic E-state index is 9.92. The van der Waals surface area contributed by atoms with Gasteiger partial charge in [0.25, 0.3) is 0 Å². The number of nitrogens with one attached hydrogen (secondary N) is 1. The van der Waals surface area contributed by atoms with Crippen LogP contribution < -0.4 is 5.32 Å². The molecule has 2 N–H and O–H groups in total. The van der Waals surface area contributed by atoms with Gasteiger partial charge in [-0.1, -0.05) is 6.07 Å². The first-order valence-corrected chi connectivity index (χ1v) is 7.48. The zero-order valence-corrected chi connectivity index (χ0v) is 10.9. The molecule has 1 fully saturated rings. The van der Waals surface area contributed by atoms with Crippen LogP contribution in [0.5, 0.6) is 0 Å². The summed E-state index contributed by atoms with van der Waals surface area (Å²) in [4.78, 5) is 2.33. The SMILES string of the molecule is OC(CSc1cccs1)CN1CCNCC1. The topological polar surface area (TPSA) is 35.5 Å². The summed E-state index contributed by atoms with van der Waals surface area (Å²) in [5.74, 6) is 0.796. The highest BCUT2D eigenvalue weighted by atomic mass is 32.2. The lowest BCUT2D eigenvalue weighted by atomic mass is 10.3. The molecule has 2 rings (SSSR count). The highest BCUT2D eigenvalue weighted by Crippen LogP contribution is 2.23. The first kappa shape index (κ1) is 12.4. The average molecular weight is 258 g/mol. The van der Waals surface area contributed by atoms with Crippen molar-refractivity contribution in [1.29, 1.82) is 0 Å². The molecule has 2 heterocycles. The summed E-state index contributed by atoms with van der Waals surface area (Å²) in [5, 5.41) is 15.3. The Morgan fingerprint density at radius 3 is 3.00 bits per heavy atom. The lowest BCUT2D eigenvalue weighted by Gasteiger charge is -2.28. The van der Waals surface area contributed by atoms with E-state index in [1.807, 2.05) is 0 Å². The molecule has 1 unspecified atom stereocenters. The summed E-state index contributed by atoms with van der Waals surface area (Å²) < 4.78 is 1.29. The van der Waals surface area contributed by atoms with Gasteiger partial charge in [0.2, 0.25) is 0 Å². The van der Waals surface area contributed by atoms with E-state index in [9.17, 15) is 5.11 Å². The van der Waals surface area contributed by atoms with Crippen LogP contribution in [0.1, 0.15) is 0 Å². The predicted molar refractivity (Wildman–Crippen MR) is 70.4 cm³/mol. The number of piperazine rings is 1. The quantitative estimate of drug-likeness (QED) is 0.776. The van der Waals surface area contributed by atoms with Gasteiger partial charge in [0.1, 0.15) is 0 Å². The number of aliphatic hydroxyl groups excluding tert-OH is 1. The largest absolute Gasteiger partial charge is 0.391 e. The van der Waals surface area contributed by atoms with E-state index < -0.39 is 0 Å². The van der Waals surface area contributed by atoms with Gasteiger partial charge in [-0.05, 0) is 11.4 Å². The number of β-amino-alcohol motifs (C(OH)–C–C–N with tert-alkyl or cyclic N) is 1. The van der Waals surface area contributed by atoms with Crippen LogP contribution in [0.2, 0.25) is 0 Å². The fourth-order valence-corrected chi connectivity index (χ4v) is 3.50. The first-order valence-electron chi connectivity index (χ1n) is 5.62. The van der Waals surface area contributed by atoms with Gasteiger partial charge in [0, 0.05) is 38.5 Å². The van der Waals surface area contributed by atoms with Crippen LogP contribution in [0.3, 0.4) is 0 Å². The molecule has 1 aromatic heterocycles. The number of hydrogen-bond acceptors (Lipinski definition) is 5. The maximum Gasteiger partial charge on any atom is 0.0761 e. The molecule has 0 amide bonds. The lowest BCUT2D eigenvalue weighted by Crippen LogP contribution is -2.46. The van der Waals surface area contributed by atoms with Gasteiger partial charge in [0.15, 0.2) is 0 Å². The van der Waals surface area contributed by atoms with Gasteiger partial charge < -0.3 is 10.4 Å². The summed E-state index contributed by atoms with van der Waals surface area (Å²) >= 11 is 3.49. The summed E-state index contributed by atoms with van der Waals surface area (Å²) in [6.45, 7) is 5.01. The standard InChI is InChI=1S/C11H18N2OS2/c14-10(8-13-5-3-12-4-6-13)9-16-11-2-1-7-15-11/h1-2,7,10,12,14H,3-6,8-9H2. The van der Waals surface area contributed by atoms with E-state index in [1.54, 1.807) is 23.1 Å². The van der Waals surface area contributed by atoms with Crippen LogP contribution in [-0.2, 0) is 0 Å². The molecule has 1 saturated heterocycles. The van der Waals surface area contributed by atoms with Crippen molar-refractivity contribution >= 4 is 23.1 Å². The van der Waals surface area contributed by atoms with E-state index in [0.717, 1.165) is 38.5 Å². The van der Waals surface area contributed by atoms with Gasteiger partial charge in [0.05, 0.1) is 10.3 Å². The highest BCUT2D eigenvalue weighted by molar-refractivity contribution is 8.01. The van der Waals surface area contributed by atoms with Gasteiger partial charge in [-0.25, -0.2) is 0 Å². The van der Waals surface area contributed by atoms with E-state index >= 15 is 0 Å². The van der Waals surface area contributed by atoms with E-state index in [2.05, 4.69) is 27.7 Å². The van der Waals surface area contributed by atoms with Crippen LogP contribution in [-0.4, -0.2) is 54.6 Å². The monoisotopic (exact) mass is 258 g/mol. The lowest BCUT2D eigenvalue weighted by molar-refractivity contribution is 0.121. The Hall–Kier alpha value is -0.0700. The zero-order valence-electron chi connectivity index (χ0n) is 9.26. The summed E-state index contributed by atoms with van der Waals surface area (Å²) in [7, 11) is 0. The molecule has 3 nitrogen and oxygen atoms in total. The second-order valence-electron chi connectivity index (χ2n) is 3.95. The summed E-state index contributed by atoms with van der Waals surface area (Å²) in [6, 6.07) is 4.16. The van der Waals surface area contributed by atoms with Crippen molar-refractivity contribution in [2.45, 2.75) is 10.3 Å². The Morgan fingerprint density at radius 1 is 1.50 bits per heavy atom. The Kier molecular flexibility index (Phi) is 5.12. The predicted octanol–water partition coefficient (Wildman–Crippen LogP) is 1.11. The molecular formula is C11H18N2OS2. The maximum atomic E-state index is 9.92. The van der Waals surface area contributed by atoms with Crippen molar-refractivity contribution in [2.75, 3.05) is 38.5 Å². The van der Waals surface area contributed by atoms with Crippen molar-refractivity contribution in [3.63, 3.8) is 0 Å². The van der Waals surface area contributed by atoms with Gasteiger partial charge >= 0.3 is 0 Å². The van der Waals surface area contributed by atoms with Crippen LogP contribution >= 0.6 is 23.1 Å². The molecule has 0 spiro atoms. The molecule has 90 valence electrons. The van der Waals surface area contributed by atoms with Crippen molar-refractivity contribution in [3.05, 3.63) is 17.5 Å². The second-order valence-corrected chi connectivity index (χ2v) is 6.22. The Morgan fingerprint density at radius 2 is 2.31 bits per heavy atom. The third kappa shape index (κ3) is 4.07. The van der Waals surface area contributed by atoms with Crippen molar-refractivity contribution in [1.82, 2.24) is 10.2 Å². The molecule has 0 radical (unpaired) electrons. The molecule has 1 aromatic rings. The van der Waals surface area contributed by atoms with E-state index in [0.29, 0.717) is 0 Å². The van der Waals surface area contributed by atoms with Crippen molar-refractivity contribution in [2.24, 2.45) is 0 Å². The molecule has 1 atom stereocenters. The smallest absolute Gasteiger partial charge is 0.0761 e. The molecule has 0 aromatic carbocycles. The molecule has 0 aliphatic carbocycles. The molecule has 0 saturated carbocycles. The minimum atomic E-state index is -0.217. The number of rotatable bonds is 5. The van der Waals surface area contributed by atoms with Crippen LogP contribution in [0, 0.1) is 0 Å². The van der Waals surface area contributed by atoms with Crippen molar-refractivity contribution < 1.29 is 5.11 Å². The first-order chi connectivity index (χ1) is 7.84. The fourth-order valence-electron chi connectivity index (χ4n) is 1.77. The molecule has 0 bridgehead atoms. The molecule has 16 heavy (non-hydrogen) atoms. The van der Waals surface area contributed by atoms with Crippen molar-refractivity contribution in [3.8, 4) is 0 Å². The number of nitrogens with zero attached hydrogens (tertiary/aromatic N) is 1. The second kappa shape index (κ2) is 6.61. The molecule has 5 heteroatoms. The Labute approximate surface area is 105 Å². The van der Waals surface area contributed by atoms with Crippen LogP contribution in [0.4, 0.5) is 0 Å². The van der Waals surface area contributed by atoms with E-state index in [-0.39, 0.29) is 6.10 Å². The third-order valence-electron chi connectivity index (χ3n) is 2.59.